The normalized spacial score (nSPS) is 20.9. The van der Waals surface area contributed by atoms with Crippen molar-refractivity contribution >= 4 is 29.9 Å². The highest BCUT2D eigenvalue weighted by Crippen LogP contribution is 2.31. The number of aromatic nitrogens is 2. The van der Waals surface area contributed by atoms with Crippen LogP contribution in [-0.2, 0) is 13.6 Å². The Labute approximate surface area is 193 Å². The maximum atomic E-state index is 5.16. The molecule has 2 aliphatic rings. The molecule has 3 heterocycles. The molecular formula is C21H40IN7. The molecule has 0 aromatic carbocycles. The SMILES string of the molecule is CCNC(=NCC1(N2CCCCC2)CCN(C)CC1)N(C)Cc1cnn(C)c1.I. The number of halogens is 1. The molecule has 0 spiro atoms. The Morgan fingerprint density at radius 1 is 1.17 bits per heavy atom. The van der Waals surface area contributed by atoms with Crippen LogP contribution < -0.4 is 5.32 Å². The zero-order valence-electron chi connectivity index (χ0n) is 18.7. The topological polar surface area (TPSA) is 51.9 Å². The van der Waals surface area contributed by atoms with Gasteiger partial charge in [-0.15, -0.1) is 24.0 Å². The van der Waals surface area contributed by atoms with E-state index in [1.54, 1.807) is 0 Å². The maximum absolute atomic E-state index is 5.16. The Balaban J connectivity index is 0.00000300. The molecule has 1 aromatic rings. The highest BCUT2D eigenvalue weighted by molar-refractivity contribution is 14.0. The summed E-state index contributed by atoms with van der Waals surface area (Å²) >= 11 is 0. The van der Waals surface area contributed by atoms with Gasteiger partial charge in [-0.2, -0.15) is 5.10 Å². The van der Waals surface area contributed by atoms with Crippen molar-refractivity contribution < 1.29 is 0 Å². The van der Waals surface area contributed by atoms with E-state index in [0.29, 0.717) is 0 Å². The minimum absolute atomic E-state index is 0. The van der Waals surface area contributed by atoms with Gasteiger partial charge >= 0.3 is 0 Å². The molecule has 0 amide bonds. The lowest BCUT2D eigenvalue weighted by atomic mass is 9.84. The van der Waals surface area contributed by atoms with Gasteiger partial charge in [-0.05, 0) is 65.8 Å². The Morgan fingerprint density at radius 3 is 2.45 bits per heavy atom. The molecule has 3 rings (SSSR count). The fourth-order valence-electron chi connectivity index (χ4n) is 4.57. The molecular weight excluding hydrogens is 477 g/mol. The zero-order valence-corrected chi connectivity index (χ0v) is 21.1. The number of rotatable bonds is 6. The Kier molecular flexibility index (Phi) is 9.68. The first-order valence-electron chi connectivity index (χ1n) is 10.9. The predicted molar refractivity (Wildman–Crippen MR) is 131 cm³/mol. The van der Waals surface area contributed by atoms with Gasteiger partial charge in [0.15, 0.2) is 5.96 Å². The molecule has 7 nitrogen and oxygen atoms in total. The minimum atomic E-state index is 0. The van der Waals surface area contributed by atoms with Gasteiger partial charge in [-0.25, -0.2) is 0 Å². The van der Waals surface area contributed by atoms with E-state index >= 15 is 0 Å². The van der Waals surface area contributed by atoms with Crippen LogP contribution in [0.3, 0.4) is 0 Å². The molecule has 1 aromatic heterocycles. The van der Waals surface area contributed by atoms with Gasteiger partial charge in [0, 0.05) is 44.5 Å². The minimum Gasteiger partial charge on any atom is -0.357 e. The van der Waals surface area contributed by atoms with E-state index in [4.69, 9.17) is 4.99 Å². The first-order chi connectivity index (χ1) is 13.5. The van der Waals surface area contributed by atoms with Crippen LogP contribution in [0.15, 0.2) is 17.4 Å². The highest BCUT2D eigenvalue weighted by atomic mass is 127. The van der Waals surface area contributed by atoms with Crippen molar-refractivity contribution in [3.63, 3.8) is 0 Å². The number of nitrogens with one attached hydrogen (secondary N) is 1. The van der Waals surface area contributed by atoms with Crippen molar-refractivity contribution in [3.05, 3.63) is 18.0 Å². The average Bonchev–Trinajstić information content (AvgIpc) is 3.12. The lowest BCUT2D eigenvalue weighted by Gasteiger charge is -2.49. The molecule has 0 aliphatic carbocycles. The number of hydrogen-bond donors (Lipinski definition) is 1. The summed E-state index contributed by atoms with van der Waals surface area (Å²) in [4.78, 5) is 12.6. The smallest absolute Gasteiger partial charge is 0.194 e. The summed E-state index contributed by atoms with van der Waals surface area (Å²) in [5.41, 5.74) is 1.43. The summed E-state index contributed by atoms with van der Waals surface area (Å²) in [5, 5.41) is 7.79. The van der Waals surface area contributed by atoms with E-state index in [2.05, 4.69) is 52.3 Å². The molecule has 1 N–H and O–H groups in total. The zero-order chi connectivity index (χ0) is 20.0. The number of aryl methyl sites for hydroxylation is 1. The molecule has 29 heavy (non-hydrogen) atoms. The van der Waals surface area contributed by atoms with Gasteiger partial charge < -0.3 is 15.1 Å². The van der Waals surface area contributed by atoms with Crippen LogP contribution in [0.4, 0.5) is 0 Å². The van der Waals surface area contributed by atoms with E-state index in [-0.39, 0.29) is 29.5 Å². The number of guanidine groups is 1. The van der Waals surface area contributed by atoms with Crippen molar-refractivity contribution in [2.45, 2.75) is 51.1 Å². The molecule has 0 saturated carbocycles. The Bertz CT molecular complexity index is 631. The summed E-state index contributed by atoms with van der Waals surface area (Å²) < 4.78 is 1.86. The number of piperidine rings is 2. The molecule has 2 aliphatic heterocycles. The van der Waals surface area contributed by atoms with Crippen LogP contribution in [0.1, 0.15) is 44.6 Å². The summed E-state index contributed by atoms with van der Waals surface area (Å²) in [6.07, 6.45) is 10.5. The van der Waals surface area contributed by atoms with Crippen molar-refractivity contribution in [2.24, 2.45) is 12.0 Å². The first-order valence-corrected chi connectivity index (χ1v) is 10.9. The second-order valence-corrected chi connectivity index (χ2v) is 8.62. The summed E-state index contributed by atoms with van der Waals surface area (Å²) in [6, 6.07) is 0. The van der Waals surface area contributed by atoms with Crippen molar-refractivity contribution in [2.75, 3.05) is 53.4 Å². The van der Waals surface area contributed by atoms with Crippen LogP contribution in [0.2, 0.25) is 0 Å². The number of likely N-dealkylation sites (tertiary alicyclic amines) is 2. The fourth-order valence-corrected chi connectivity index (χ4v) is 4.57. The van der Waals surface area contributed by atoms with E-state index < -0.39 is 0 Å². The van der Waals surface area contributed by atoms with Crippen LogP contribution in [0.5, 0.6) is 0 Å². The van der Waals surface area contributed by atoms with Crippen LogP contribution in [0, 0.1) is 0 Å². The van der Waals surface area contributed by atoms with Crippen LogP contribution >= 0.6 is 24.0 Å². The largest absolute Gasteiger partial charge is 0.357 e. The second kappa shape index (κ2) is 11.5. The predicted octanol–water partition coefficient (Wildman–Crippen LogP) is 2.39. The molecule has 0 atom stereocenters. The molecule has 8 heteroatoms. The van der Waals surface area contributed by atoms with Crippen LogP contribution in [0.25, 0.3) is 0 Å². The van der Waals surface area contributed by atoms with Gasteiger partial charge in [-0.3, -0.25) is 14.6 Å². The average molecular weight is 518 g/mol. The van der Waals surface area contributed by atoms with E-state index in [9.17, 15) is 0 Å². The number of hydrogen-bond acceptors (Lipinski definition) is 4. The van der Waals surface area contributed by atoms with E-state index in [1.807, 2.05) is 17.9 Å². The van der Waals surface area contributed by atoms with Gasteiger partial charge in [0.05, 0.1) is 12.7 Å². The van der Waals surface area contributed by atoms with Gasteiger partial charge in [0.1, 0.15) is 0 Å². The quantitative estimate of drug-likeness (QED) is 0.357. The molecule has 0 unspecified atom stereocenters. The van der Waals surface area contributed by atoms with Crippen molar-refractivity contribution in [1.29, 1.82) is 0 Å². The maximum Gasteiger partial charge on any atom is 0.194 e. The fraction of sp³-hybridized carbons (Fsp3) is 0.810. The molecule has 166 valence electrons. The van der Waals surface area contributed by atoms with Crippen molar-refractivity contribution in [3.8, 4) is 0 Å². The number of nitrogens with zero attached hydrogens (tertiary/aromatic N) is 6. The third-order valence-electron chi connectivity index (χ3n) is 6.34. The molecule has 2 fully saturated rings. The highest BCUT2D eigenvalue weighted by Gasteiger charge is 2.39. The Morgan fingerprint density at radius 2 is 1.86 bits per heavy atom. The first kappa shape index (κ1) is 24.4. The van der Waals surface area contributed by atoms with Gasteiger partial charge in [0.25, 0.3) is 0 Å². The summed E-state index contributed by atoms with van der Waals surface area (Å²) in [5.74, 6) is 1.00. The third-order valence-corrected chi connectivity index (χ3v) is 6.34. The lowest BCUT2D eigenvalue weighted by molar-refractivity contribution is 0.0206. The van der Waals surface area contributed by atoms with E-state index in [1.165, 1.54) is 63.8 Å². The molecule has 2 saturated heterocycles. The summed E-state index contributed by atoms with van der Waals surface area (Å²) in [7, 11) is 6.33. The van der Waals surface area contributed by atoms with Crippen molar-refractivity contribution in [1.82, 2.24) is 29.8 Å². The third kappa shape index (κ3) is 6.55. The monoisotopic (exact) mass is 517 g/mol. The lowest BCUT2D eigenvalue weighted by Crippen LogP contribution is -2.58. The van der Waals surface area contributed by atoms with Gasteiger partial charge in [0.2, 0.25) is 0 Å². The molecule has 0 bridgehead atoms. The standard InChI is InChI=1S/C21H39N7.HI/c1-5-22-20(26(3)16-19-15-24-27(4)17-19)23-18-21(9-13-25(2)14-10-21)28-11-7-6-8-12-28;/h15,17H,5-14,16,18H2,1-4H3,(H,22,23);1H. The van der Waals surface area contributed by atoms with Crippen LogP contribution in [-0.4, -0.2) is 89.3 Å². The second-order valence-electron chi connectivity index (χ2n) is 8.62. The number of aliphatic imine (C=N–C) groups is 1. The summed E-state index contributed by atoms with van der Waals surface area (Å²) in [6.45, 7) is 9.56. The van der Waals surface area contributed by atoms with E-state index in [0.717, 1.165) is 25.6 Å². The molecule has 0 radical (unpaired) electrons. The van der Waals surface area contributed by atoms with Gasteiger partial charge in [-0.1, -0.05) is 6.42 Å². The Hall–Kier alpha value is -0.870.